The van der Waals surface area contributed by atoms with Gasteiger partial charge in [-0.3, -0.25) is 4.79 Å². The minimum atomic E-state index is -0.146. The van der Waals surface area contributed by atoms with E-state index < -0.39 is 0 Å². The van der Waals surface area contributed by atoms with Crippen LogP contribution in [0.15, 0.2) is 29.0 Å². The molecule has 2 aliphatic rings. The van der Waals surface area contributed by atoms with Gasteiger partial charge in [-0.1, -0.05) is 0 Å². The maximum atomic E-state index is 12.8. The summed E-state index contributed by atoms with van der Waals surface area (Å²) in [5, 5.41) is 0. The lowest BCUT2D eigenvalue weighted by Gasteiger charge is -2.21. The number of hydrogen-bond donors (Lipinski definition) is 0. The van der Waals surface area contributed by atoms with Crippen LogP contribution >= 0.6 is 0 Å². The fraction of sp³-hybridized carbons (Fsp3) is 0.474. The SMILES string of the molecule is CN(CCN(C)C1CC1)C(=O)c1ncoc1-c1ccc2c(c1)OCCO2. The van der Waals surface area contributed by atoms with Crippen molar-refractivity contribution >= 4 is 5.91 Å². The minimum absolute atomic E-state index is 0.146. The summed E-state index contributed by atoms with van der Waals surface area (Å²) >= 11 is 0. The average molecular weight is 357 g/mol. The van der Waals surface area contributed by atoms with Gasteiger partial charge >= 0.3 is 0 Å². The van der Waals surface area contributed by atoms with E-state index in [1.54, 1.807) is 11.9 Å². The number of ether oxygens (including phenoxy) is 2. The molecule has 1 fully saturated rings. The Kier molecular flexibility index (Phi) is 4.55. The molecule has 0 atom stereocenters. The van der Waals surface area contributed by atoms with Crippen molar-refractivity contribution in [3.8, 4) is 22.8 Å². The molecule has 138 valence electrons. The van der Waals surface area contributed by atoms with Crippen molar-refractivity contribution in [2.75, 3.05) is 40.4 Å². The minimum Gasteiger partial charge on any atom is -0.486 e. The van der Waals surface area contributed by atoms with E-state index in [1.807, 2.05) is 18.2 Å². The van der Waals surface area contributed by atoms with Gasteiger partial charge in [-0.05, 0) is 38.1 Å². The molecule has 4 rings (SSSR count). The van der Waals surface area contributed by atoms with Crippen molar-refractivity contribution in [1.82, 2.24) is 14.8 Å². The van der Waals surface area contributed by atoms with Crippen molar-refractivity contribution in [1.29, 1.82) is 0 Å². The molecule has 7 heteroatoms. The van der Waals surface area contributed by atoms with Gasteiger partial charge in [-0.2, -0.15) is 0 Å². The molecule has 0 radical (unpaired) electrons. The number of hydrogen-bond acceptors (Lipinski definition) is 6. The zero-order valence-corrected chi connectivity index (χ0v) is 15.1. The quantitative estimate of drug-likeness (QED) is 0.790. The third-order valence-electron chi connectivity index (χ3n) is 4.88. The summed E-state index contributed by atoms with van der Waals surface area (Å²) in [4.78, 5) is 21.0. The Bertz CT molecular complexity index is 800. The second kappa shape index (κ2) is 6.99. The number of oxazole rings is 1. The van der Waals surface area contributed by atoms with Gasteiger partial charge in [-0.25, -0.2) is 4.98 Å². The van der Waals surface area contributed by atoms with Gasteiger partial charge in [0.25, 0.3) is 5.91 Å². The standard InChI is InChI=1S/C19H23N3O4/c1-21(14-4-5-14)7-8-22(2)19(23)17-18(26-12-20-17)13-3-6-15-16(11-13)25-10-9-24-15/h3,6,11-12,14H,4-5,7-10H2,1-2H3. The number of carbonyl (C=O) groups excluding carboxylic acids is 1. The molecule has 7 nitrogen and oxygen atoms in total. The molecule has 1 saturated carbocycles. The van der Waals surface area contributed by atoms with Gasteiger partial charge in [0.15, 0.2) is 29.3 Å². The molecule has 1 aliphatic heterocycles. The largest absolute Gasteiger partial charge is 0.486 e. The molecule has 2 aromatic rings. The highest BCUT2D eigenvalue weighted by Crippen LogP contribution is 2.35. The molecule has 26 heavy (non-hydrogen) atoms. The van der Waals surface area contributed by atoms with Crippen molar-refractivity contribution < 1.29 is 18.7 Å². The third kappa shape index (κ3) is 3.39. The fourth-order valence-corrected chi connectivity index (χ4v) is 3.08. The highest BCUT2D eigenvalue weighted by molar-refractivity contribution is 5.97. The molecule has 1 aromatic heterocycles. The van der Waals surface area contributed by atoms with Gasteiger partial charge in [0.05, 0.1) is 0 Å². The number of aromatic nitrogens is 1. The number of fused-ring (bicyclic) bond motifs is 1. The van der Waals surface area contributed by atoms with Crippen molar-refractivity contribution in [3.05, 3.63) is 30.3 Å². The topological polar surface area (TPSA) is 68.0 Å². The Hall–Kier alpha value is -2.54. The van der Waals surface area contributed by atoms with Gasteiger partial charge < -0.3 is 23.7 Å². The Balaban J connectivity index is 1.49. The number of rotatable bonds is 6. The van der Waals surface area contributed by atoms with Gasteiger partial charge in [0.1, 0.15) is 13.2 Å². The lowest BCUT2D eigenvalue weighted by Crippen LogP contribution is -2.35. The van der Waals surface area contributed by atoms with E-state index in [2.05, 4.69) is 16.9 Å². The van der Waals surface area contributed by atoms with Crippen LogP contribution in [0.25, 0.3) is 11.3 Å². The molecule has 0 spiro atoms. The summed E-state index contributed by atoms with van der Waals surface area (Å²) in [5.74, 6) is 1.66. The van der Waals surface area contributed by atoms with Crippen molar-refractivity contribution in [2.45, 2.75) is 18.9 Å². The Morgan fingerprint density at radius 2 is 1.92 bits per heavy atom. The zero-order chi connectivity index (χ0) is 18.1. The van der Waals surface area contributed by atoms with Gasteiger partial charge in [0, 0.05) is 31.7 Å². The van der Waals surface area contributed by atoms with E-state index in [4.69, 9.17) is 13.9 Å². The maximum absolute atomic E-state index is 12.8. The van der Waals surface area contributed by atoms with E-state index in [1.165, 1.54) is 19.2 Å². The molecule has 0 N–H and O–H groups in total. The molecule has 0 saturated heterocycles. The molecule has 1 aliphatic carbocycles. The number of amides is 1. The van der Waals surface area contributed by atoms with Crippen LogP contribution in [0.3, 0.4) is 0 Å². The van der Waals surface area contributed by atoms with Crippen LogP contribution < -0.4 is 9.47 Å². The third-order valence-corrected chi connectivity index (χ3v) is 4.88. The number of benzene rings is 1. The van der Waals surface area contributed by atoms with E-state index in [-0.39, 0.29) is 5.91 Å². The second-order valence-electron chi connectivity index (χ2n) is 6.83. The normalized spacial score (nSPS) is 16.0. The summed E-state index contributed by atoms with van der Waals surface area (Å²) < 4.78 is 16.7. The summed E-state index contributed by atoms with van der Waals surface area (Å²) in [6.45, 7) is 2.55. The molecular weight excluding hydrogens is 334 g/mol. The highest BCUT2D eigenvalue weighted by Gasteiger charge is 2.27. The van der Waals surface area contributed by atoms with Crippen LogP contribution in [0, 0.1) is 0 Å². The van der Waals surface area contributed by atoms with Gasteiger partial charge in [0.2, 0.25) is 0 Å². The van der Waals surface area contributed by atoms with E-state index in [9.17, 15) is 4.79 Å². The number of nitrogens with zero attached hydrogens (tertiary/aromatic N) is 3. The predicted molar refractivity (Wildman–Crippen MR) is 95.5 cm³/mol. The monoisotopic (exact) mass is 357 g/mol. The molecule has 1 aromatic carbocycles. The number of likely N-dealkylation sites (N-methyl/N-ethyl adjacent to an activating group) is 2. The first kappa shape index (κ1) is 16.9. The molecule has 0 bridgehead atoms. The predicted octanol–water partition coefficient (Wildman–Crippen LogP) is 2.28. The zero-order valence-electron chi connectivity index (χ0n) is 15.1. The summed E-state index contributed by atoms with van der Waals surface area (Å²) in [6, 6.07) is 6.19. The first-order chi connectivity index (χ1) is 12.6. The van der Waals surface area contributed by atoms with Crippen LogP contribution in [0.1, 0.15) is 23.3 Å². The smallest absolute Gasteiger partial charge is 0.276 e. The molecule has 2 heterocycles. The lowest BCUT2D eigenvalue weighted by molar-refractivity contribution is 0.0776. The van der Waals surface area contributed by atoms with Gasteiger partial charge in [-0.15, -0.1) is 0 Å². The average Bonchev–Trinajstić information content (AvgIpc) is 3.41. The molecule has 0 unspecified atom stereocenters. The van der Waals surface area contributed by atoms with Crippen LogP contribution in [0.5, 0.6) is 11.5 Å². The Morgan fingerprint density at radius 3 is 2.69 bits per heavy atom. The summed E-state index contributed by atoms with van der Waals surface area (Å²) in [5.41, 5.74) is 1.07. The first-order valence-corrected chi connectivity index (χ1v) is 8.92. The summed E-state index contributed by atoms with van der Waals surface area (Å²) in [6.07, 6.45) is 3.82. The fourth-order valence-electron chi connectivity index (χ4n) is 3.08. The van der Waals surface area contributed by atoms with Crippen LogP contribution in [-0.2, 0) is 0 Å². The highest BCUT2D eigenvalue weighted by atomic mass is 16.6. The second-order valence-corrected chi connectivity index (χ2v) is 6.83. The van der Waals surface area contributed by atoms with E-state index in [0.29, 0.717) is 48.8 Å². The Labute approximate surface area is 152 Å². The van der Waals surface area contributed by atoms with Crippen molar-refractivity contribution in [3.63, 3.8) is 0 Å². The lowest BCUT2D eigenvalue weighted by atomic mass is 10.1. The number of carbonyl (C=O) groups is 1. The first-order valence-electron chi connectivity index (χ1n) is 8.92. The van der Waals surface area contributed by atoms with E-state index >= 15 is 0 Å². The van der Waals surface area contributed by atoms with E-state index in [0.717, 1.165) is 12.1 Å². The van der Waals surface area contributed by atoms with Crippen molar-refractivity contribution in [2.24, 2.45) is 0 Å². The molecule has 1 amide bonds. The van der Waals surface area contributed by atoms with Crippen LogP contribution in [0.2, 0.25) is 0 Å². The van der Waals surface area contributed by atoms with Crippen LogP contribution in [-0.4, -0.2) is 67.1 Å². The maximum Gasteiger partial charge on any atom is 0.276 e. The summed E-state index contributed by atoms with van der Waals surface area (Å²) in [7, 11) is 3.90. The Morgan fingerprint density at radius 1 is 1.15 bits per heavy atom. The molecular formula is C19H23N3O4. The van der Waals surface area contributed by atoms with Crippen LogP contribution in [0.4, 0.5) is 0 Å².